The molecule has 0 spiro atoms. The van der Waals surface area contributed by atoms with Crippen molar-refractivity contribution in [3.63, 3.8) is 0 Å². The average Bonchev–Trinajstić information content (AvgIpc) is 2.97. The molecule has 0 aliphatic carbocycles. The molecular weight excluding hydrogens is 260 g/mol. The molecule has 0 saturated carbocycles. The number of allylic oxidation sites excluding steroid dienone is 3. The van der Waals surface area contributed by atoms with Gasteiger partial charge in [0.05, 0.1) is 6.42 Å². The molecule has 1 fully saturated rings. The van der Waals surface area contributed by atoms with Crippen LogP contribution in [-0.2, 0) is 10.9 Å². The highest BCUT2D eigenvalue weighted by Gasteiger charge is 2.21. The van der Waals surface area contributed by atoms with Crippen LogP contribution >= 0.6 is 0 Å². The summed E-state index contributed by atoms with van der Waals surface area (Å²) in [5, 5.41) is 0. The van der Waals surface area contributed by atoms with E-state index >= 15 is 0 Å². The maximum atomic E-state index is 3.17. The number of unbranched alkanes of at least 4 members (excludes halogenated alkanes) is 3. The van der Waals surface area contributed by atoms with Crippen LogP contribution in [-0.4, -0.2) is 17.3 Å². The maximum Gasteiger partial charge on any atom is 0.126 e. The van der Waals surface area contributed by atoms with Crippen LogP contribution in [0.25, 0.3) is 0 Å². The predicted molar refractivity (Wildman–Crippen MR) is 93.8 cm³/mol. The summed E-state index contributed by atoms with van der Waals surface area (Å²) in [7, 11) is 0.682. The zero-order valence-electron chi connectivity index (χ0n) is 12.8. The Labute approximate surface area is 128 Å². The molecule has 0 aromatic carbocycles. The van der Waals surface area contributed by atoms with Crippen molar-refractivity contribution >= 4 is 10.9 Å². The van der Waals surface area contributed by atoms with Crippen molar-refractivity contribution in [2.24, 2.45) is 0 Å². The normalized spacial score (nSPS) is 15.2. The fourth-order valence-electron chi connectivity index (χ4n) is 2.02. The highest BCUT2D eigenvalue weighted by atomic mass is 32.2. The van der Waals surface area contributed by atoms with Gasteiger partial charge in [-0.05, 0) is 42.3 Å². The third-order valence-corrected chi connectivity index (χ3v) is 5.58. The Morgan fingerprint density at radius 2 is 1.85 bits per heavy atom. The third kappa shape index (κ3) is 9.82. The lowest BCUT2D eigenvalue weighted by Crippen LogP contribution is -2.05. The van der Waals surface area contributed by atoms with Gasteiger partial charge in [-0.2, -0.15) is 0 Å². The van der Waals surface area contributed by atoms with Gasteiger partial charge >= 0.3 is 0 Å². The van der Waals surface area contributed by atoms with Crippen LogP contribution in [0.5, 0.6) is 0 Å². The van der Waals surface area contributed by atoms with E-state index in [2.05, 4.69) is 42.8 Å². The highest BCUT2D eigenvalue weighted by molar-refractivity contribution is 7.97. The number of rotatable bonds is 6. The number of hydrogen-bond donors (Lipinski definition) is 0. The topological polar surface area (TPSA) is 0 Å². The lowest BCUT2D eigenvalue weighted by molar-refractivity contribution is 0.737. The van der Waals surface area contributed by atoms with Crippen LogP contribution in [0.3, 0.4) is 0 Å². The van der Waals surface area contributed by atoms with Crippen molar-refractivity contribution < 1.29 is 0 Å². The van der Waals surface area contributed by atoms with Crippen molar-refractivity contribution in [1.82, 2.24) is 0 Å². The molecule has 0 atom stereocenters. The van der Waals surface area contributed by atoms with Crippen LogP contribution in [0.4, 0.5) is 0 Å². The summed E-state index contributed by atoms with van der Waals surface area (Å²) in [6.45, 7) is 2.22. The summed E-state index contributed by atoms with van der Waals surface area (Å²) in [5.41, 5.74) is 0. The fraction of sp³-hybridized carbons (Fsp3) is 0.579. The van der Waals surface area contributed by atoms with E-state index in [4.69, 9.17) is 0 Å². The molecule has 0 nitrogen and oxygen atoms in total. The Balaban J connectivity index is 2.02. The van der Waals surface area contributed by atoms with Crippen molar-refractivity contribution in [3.05, 3.63) is 24.3 Å². The molecule has 20 heavy (non-hydrogen) atoms. The highest BCUT2D eigenvalue weighted by Crippen LogP contribution is 2.13. The van der Waals surface area contributed by atoms with Gasteiger partial charge in [-0.25, -0.2) is 0 Å². The molecule has 1 aliphatic rings. The standard InChI is InChI=1S/C19H27S/c1-2-3-4-5-6-7-8-9-10-11-12-13-14-17-20-18-15-16-19-20/h11-14H,2-5,8,15-19H2,1H3/q+1. The Kier molecular flexibility index (Phi) is 11.0. The van der Waals surface area contributed by atoms with Crippen LogP contribution in [0.2, 0.25) is 0 Å². The van der Waals surface area contributed by atoms with Crippen LogP contribution in [0.15, 0.2) is 24.3 Å². The van der Waals surface area contributed by atoms with Gasteiger partial charge in [0.25, 0.3) is 0 Å². The lowest BCUT2D eigenvalue weighted by Gasteiger charge is -1.92. The van der Waals surface area contributed by atoms with Crippen molar-refractivity contribution in [1.29, 1.82) is 0 Å². The van der Waals surface area contributed by atoms with Crippen molar-refractivity contribution in [2.45, 2.75) is 51.9 Å². The van der Waals surface area contributed by atoms with E-state index in [1.54, 1.807) is 0 Å². The largest absolute Gasteiger partial charge is 0.126 e. The molecule has 0 amide bonds. The fourth-order valence-corrected chi connectivity index (χ4v) is 4.17. The molecule has 1 heteroatoms. The van der Waals surface area contributed by atoms with E-state index in [1.165, 1.54) is 49.4 Å². The lowest BCUT2D eigenvalue weighted by atomic mass is 10.2. The summed E-state index contributed by atoms with van der Waals surface area (Å²) in [6.07, 6.45) is 16.8. The Bertz CT molecular complexity index is 403. The molecule has 0 N–H and O–H groups in total. The van der Waals surface area contributed by atoms with Gasteiger partial charge < -0.3 is 0 Å². The molecule has 0 unspecified atom stereocenters. The van der Waals surface area contributed by atoms with Gasteiger partial charge in [0.15, 0.2) is 0 Å². The van der Waals surface area contributed by atoms with E-state index in [0.29, 0.717) is 17.3 Å². The van der Waals surface area contributed by atoms with Gasteiger partial charge in [-0.15, -0.1) is 5.92 Å². The quantitative estimate of drug-likeness (QED) is 0.292. The van der Waals surface area contributed by atoms with E-state index in [1.807, 2.05) is 12.2 Å². The zero-order valence-corrected chi connectivity index (χ0v) is 13.6. The minimum absolute atomic E-state index is 0.682. The van der Waals surface area contributed by atoms with E-state index < -0.39 is 0 Å². The van der Waals surface area contributed by atoms with E-state index in [9.17, 15) is 0 Å². The first-order valence-corrected chi connectivity index (χ1v) is 9.56. The summed E-state index contributed by atoms with van der Waals surface area (Å²) >= 11 is 0. The minimum atomic E-state index is 0.682. The van der Waals surface area contributed by atoms with Gasteiger partial charge in [0, 0.05) is 6.42 Å². The maximum absolute atomic E-state index is 3.17. The smallest absolute Gasteiger partial charge is 0.102 e. The van der Waals surface area contributed by atoms with Gasteiger partial charge in [0.2, 0.25) is 0 Å². The molecule has 108 valence electrons. The minimum Gasteiger partial charge on any atom is -0.102 e. The van der Waals surface area contributed by atoms with Gasteiger partial charge in [0.1, 0.15) is 17.3 Å². The van der Waals surface area contributed by atoms with Gasteiger partial charge in [-0.1, -0.05) is 49.7 Å². The Morgan fingerprint density at radius 1 is 1.00 bits per heavy atom. The second-order valence-electron chi connectivity index (χ2n) is 4.99. The van der Waals surface area contributed by atoms with E-state index in [0.717, 1.165) is 6.42 Å². The summed E-state index contributed by atoms with van der Waals surface area (Å²) in [4.78, 5) is 0. The zero-order chi connectivity index (χ0) is 14.3. The molecule has 0 aromatic rings. The van der Waals surface area contributed by atoms with Crippen LogP contribution in [0, 0.1) is 23.7 Å². The second-order valence-corrected chi connectivity index (χ2v) is 7.36. The first-order chi connectivity index (χ1) is 9.93. The molecule has 1 saturated heterocycles. The van der Waals surface area contributed by atoms with Gasteiger partial charge in [-0.3, -0.25) is 0 Å². The third-order valence-electron chi connectivity index (χ3n) is 3.18. The first-order valence-electron chi connectivity index (χ1n) is 7.83. The molecule has 0 radical (unpaired) electrons. The number of hydrogen-bond acceptors (Lipinski definition) is 0. The Hall–Kier alpha value is -1.05. The summed E-state index contributed by atoms with van der Waals surface area (Å²) < 4.78 is 0. The second kappa shape index (κ2) is 13.0. The molecule has 0 bridgehead atoms. The first kappa shape index (κ1) is 17.0. The molecule has 1 aliphatic heterocycles. The Morgan fingerprint density at radius 3 is 2.65 bits per heavy atom. The summed E-state index contributed by atoms with van der Waals surface area (Å²) in [5.74, 6) is 16.5. The SMILES string of the molecule is CCCCCC#CCC#CC=CC=CC[S+]1CCCC1. The molecule has 1 rings (SSSR count). The van der Waals surface area contributed by atoms with Crippen molar-refractivity contribution in [2.75, 3.05) is 17.3 Å². The average molecular weight is 287 g/mol. The molecule has 1 heterocycles. The molecular formula is C19H27S+. The molecule has 0 aromatic heterocycles. The predicted octanol–water partition coefficient (Wildman–Crippen LogP) is 4.49. The van der Waals surface area contributed by atoms with Crippen LogP contribution < -0.4 is 0 Å². The van der Waals surface area contributed by atoms with Crippen LogP contribution in [0.1, 0.15) is 51.9 Å². The summed E-state index contributed by atoms with van der Waals surface area (Å²) in [6, 6.07) is 0. The van der Waals surface area contributed by atoms with Crippen molar-refractivity contribution in [3.8, 4) is 23.7 Å². The van der Waals surface area contributed by atoms with E-state index in [-0.39, 0.29) is 0 Å². The monoisotopic (exact) mass is 287 g/mol.